The molecule has 0 aliphatic carbocycles. The Balaban J connectivity index is 1.56. The Bertz CT molecular complexity index is 1230. The molecule has 0 saturated carbocycles. The number of amides is 1. The van der Waals surface area contributed by atoms with Crippen LogP contribution < -0.4 is 10.2 Å². The fourth-order valence-corrected chi connectivity index (χ4v) is 5.40. The highest BCUT2D eigenvalue weighted by molar-refractivity contribution is 5.92. The van der Waals surface area contributed by atoms with Crippen molar-refractivity contribution in [2.24, 2.45) is 11.8 Å². The SMILES string of the molecule is Cc1ccc2c(N3CCCC(C(NC(=O)O)C4CCOC4)C3)nc(-c3c(O)cccc3F)nc2c1. The molecule has 5 rings (SSSR count). The molecule has 9 heteroatoms. The van der Waals surface area contributed by atoms with Gasteiger partial charge in [0.25, 0.3) is 0 Å². The highest BCUT2D eigenvalue weighted by atomic mass is 19.1. The van der Waals surface area contributed by atoms with E-state index in [4.69, 9.17) is 9.72 Å². The van der Waals surface area contributed by atoms with Gasteiger partial charge in [0, 0.05) is 37.0 Å². The van der Waals surface area contributed by atoms with Gasteiger partial charge in [-0.2, -0.15) is 0 Å². The second-order valence-corrected chi connectivity index (χ2v) is 9.47. The van der Waals surface area contributed by atoms with E-state index in [2.05, 4.69) is 15.2 Å². The topological polar surface area (TPSA) is 108 Å². The number of nitrogens with one attached hydrogen (secondary N) is 1. The molecule has 0 spiro atoms. The fraction of sp³-hybridized carbons (Fsp3) is 0.423. The first-order valence-electron chi connectivity index (χ1n) is 12.0. The molecule has 2 aromatic carbocycles. The van der Waals surface area contributed by atoms with Crippen LogP contribution in [0.3, 0.4) is 0 Å². The molecule has 2 fully saturated rings. The number of aromatic nitrogens is 2. The van der Waals surface area contributed by atoms with Crippen LogP contribution >= 0.6 is 0 Å². The Kier molecular flexibility index (Phi) is 6.42. The van der Waals surface area contributed by atoms with E-state index in [0.29, 0.717) is 31.1 Å². The lowest BCUT2D eigenvalue weighted by Crippen LogP contribution is -2.51. The minimum absolute atomic E-state index is 0.0285. The van der Waals surface area contributed by atoms with Crippen molar-refractivity contribution in [3.05, 3.63) is 47.8 Å². The summed E-state index contributed by atoms with van der Waals surface area (Å²) < 4.78 is 20.3. The van der Waals surface area contributed by atoms with Gasteiger partial charge in [-0.1, -0.05) is 12.1 Å². The average molecular weight is 481 g/mol. The lowest BCUT2D eigenvalue weighted by molar-refractivity contribution is 0.147. The lowest BCUT2D eigenvalue weighted by atomic mass is 9.82. The van der Waals surface area contributed by atoms with E-state index in [-0.39, 0.29) is 35.0 Å². The number of phenolic OH excluding ortho intramolecular Hbond substituents is 1. The zero-order chi connectivity index (χ0) is 24.5. The van der Waals surface area contributed by atoms with Crippen molar-refractivity contribution < 1.29 is 24.1 Å². The highest BCUT2D eigenvalue weighted by Gasteiger charge is 2.36. The first-order valence-corrected chi connectivity index (χ1v) is 12.0. The number of fused-ring (bicyclic) bond motifs is 1. The maximum Gasteiger partial charge on any atom is 0.404 e. The van der Waals surface area contributed by atoms with E-state index in [0.717, 1.165) is 36.8 Å². The van der Waals surface area contributed by atoms with Crippen LogP contribution in [0.4, 0.5) is 15.0 Å². The molecule has 3 N–H and O–H groups in total. The molecule has 2 aliphatic rings. The van der Waals surface area contributed by atoms with Crippen molar-refractivity contribution in [3.63, 3.8) is 0 Å². The number of aromatic hydroxyl groups is 1. The van der Waals surface area contributed by atoms with E-state index in [9.17, 15) is 19.4 Å². The quantitative estimate of drug-likeness (QED) is 0.499. The largest absolute Gasteiger partial charge is 0.507 e. The fourth-order valence-electron chi connectivity index (χ4n) is 5.40. The number of piperidine rings is 1. The monoisotopic (exact) mass is 480 g/mol. The van der Waals surface area contributed by atoms with Crippen molar-refractivity contribution in [2.75, 3.05) is 31.2 Å². The third kappa shape index (κ3) is 4.73. The van der Waals surface area contributed by atoms with Gasteiger partial charge in [-0.3, -0.25) is 0 Å². The normalized spacial score (nSPS) is 21.3. The Morgan fingerprint density at radius 3 is 2.83 bits per heavy atom. The van der Waals surface area contributed by atoms with Crippen molar-refractivity contribution in [1.82, 2.24) is 15.3 Å². The van der Waals surface area contributed by atoms with Crippen LogP contribution in [0.25, 0.3) is 22.3 Å². The molecule has 1 amide bonds. The molecular weight excluding hydrogens is 451 g/mol. The molecule has 0 bridgehead atoms. The van der Waals surface area contributed by atoms with Crippen LogP contribution in [0, 0.1) is 24.6 Å². The second-order valence-electron chi connectivity index (χ2n) is 9.47. The number of rotatable bonds is 5. The molecule has 3 atom stereocenters. The van der Waals surface area contributed by atoms with E-state index >= 15 is 0 Å². The van der Waals surface area contributed by atoms with E-state index < -0.39 is 11.9 Å². The number of phenols is 1. The van der Waals surface area contributed by atoms with E-state index in [1.807, 2.05) is 25.1 Å². The number of nitrogens with zero attached hydrogens (tertiary/aromatic N) is 3. The average Bonchev–Trinajstić information content (AvgIpc) is 3.36. The van der Waals surface area contributed by atoms with Crippen molar-refractivity contribution in [1.29, 1.82) is 0 Å². The van der Waals surface area contributed by atoms with Gasteiger partial charge in [0.15, 0.2) is 5.82 Å². The molecule has 0 radical (unpaired) electrons. The first kappa shape index (κ1) is 23.3. The summed E-state index contributed by atoms with van der Waals surface area (Å²) in [6.45, 7) is 4.49. The van der Waals surface area contributed by atoms with Gasteiger partial charge >= 0.3 is 6.09 Å². The third-order valence-electron chi connectivity index (χ3n) is 7.08. The van der Waals surface area contributed by atoms with Gasteiger partial charge in [-0.25, -0.2) is 19.2 Å². The summed E-state index contributed by atoms with van der Waals surface area (Å²) >= 11 is 0. The number of carbonyl (C=O) groups is 1. The summed E-state index contributed by atoms with van der Waals surface area (Å²) in [5.74, 6) is 0.186. The van der Waals surface area contributed by atoms with Gasteiger partial charge in [0.05, 0.1) is 17.7 Å². The summed E-state index contributed by atoms with van der Waals surface area (Å²) in [4.78, 5) is 23.1. The number of anilines is 1. The molecule has 2 saturated heterocycles. The van der Waals surface area contributed by atoms with Gasteiger partial charge in [0.2, 0.25) is 0 Å². The molecule has 3 aromatic rings. The number of aryl methyl sites for hydroxylation is 1. The van der Waals surface area contributed by atoms with Crippen molar-refractivity contribution in [2.45, 2.75) is 32.2 Å². The summed E-state index contributed by atoms with van der Waals surface area (Å²) in [6.07, 6.45) is 1.56. The maximum atomic E-state index is 14.7. The number of benzene rings is 2. The van der Waals surface area contributed by atoms with Crippen LogP contribution in [0.15, 0.2) is 36.4 Å². The number of ether oxygens (including phenoxy) is 1. The predicted molar refractivity (Wildman–Crippen MR) is 130 cm³/mol. The van der Waals surface area contributed by atoms with Crippen molar-refractivity contribution in [3.8, 4) is 17.1 Å². The molecule has 35 heavy (non-hydrogen) atoms. The standard InChI is InChI=1S/C26H29FN4O4/c1-15-7-8-18-20(12-15)28-24(22-19(27)5-2-6-21(22)32)30-25(18)31-10-3-4-16(13-31)23(29-26(33)34)17-9-11-35-14-17/h2,5-8,12,16-17,23,29,32H,3-4,9-11,13-14H2,1H3,(H,33,34). The van der Waals surface area contributed by atoms with Crippen LogP contribution in [-0.4, -0.2) is 58.6 Å². The summed E-state index contributed by atoms with van der Waals surface area (Å²) in [6, 6.07) is 9.80. The van der Waals surface area contributed by atoms with Gasteiger partial charge in [0.1, 0.15) is 17.4 Å². The number of carboxylic acid groups (broad SMARTS) is 1. The van der Waals surface area contributed by atoms with Crippen LogP contribution in [0.2, 0.25) is 0 Å². The maximum absolute atomic E-state index is 14.7. The summed E-state index contributed by atoms with van der Waals surface area (Å²) in [5.41, 5.74) is 1.65. The minimum Gasteiger partial charge on any atom is -0.507 e. The third-order valence-corrected chi connectivity index (χ3v) is 7.08. The summed E-state index contributed by atoms with van der Waals surface area (Å²) in [7, 11) is 0. The minimum atomic E-state index is -1.03. The smallest absolute Gasteiger partial charge is 0.404 e. The molecule has 1 aromatic heterocycles. The molecular formula is C26H29FN4O4. The van der Waals surface area contributed by atoms with Gasteiger partial charge in [-0.15, -0.1) is 0 Å². The predicted octanol–water partition coefficient (Wildman–Crippen LogP) is 4.34. The zero-order valence-corrected chi connectivity index (χ0v) is 19.6. The molecule has 8 nitrogen and oxygen atoms in total. The molecule has 3 heterocycles. The number of hydrogen-bond acceptors (Lipinski definition) is 6. The zero-order valence-electron chi connectivity index (χ0n) is 19.6. The number of halogens is 1. The van der Waals surface area contributed by atoms with Crippen LogP contribution in [-0.2, 0) is 4.74 Å². The van der Waals surface area contributed by atoms with Crippen LogP contribution in [0.1, 0.15) is 24.8 Å². The Morgan fingerprint density at radius 1 is 1.23 bits per heavy atom. The lowest BCUT2D eigenvalue weighted by Gasteiger charge is -2.39. The summed E-state index contributed by atoms with van der Waals surface area (Å²) in [5, 5.41) is 23.5. The van der Waals surface area contributed by atoms with E-state index in [1.165, 1.54) is 18.2 Å². The van der Waals surface area contributed by atoms with Crippen molar-refractivity contribution >= 4 is 22.8 Å². The Hall–Kier alpha value is -3.46. The van der Waals surface area contributed by atoms with E-state index in [1.54, 1.807) is 0 Å². The second kappa shape index (κ2) is 9.65. The molecule has 2 aliphatic heterocycles. The Morgan fingerprint density at radius 2 is 2.09 bits per heavy atom. The number of hydrogen-bond donors (Lipinski definition) is 3. The van der Waals surface area contributed by atoms with Gasteiger partial charge < -0.3 is 25.2 Å². The Labute approximate surface area is 202 Å². The highest BCUT2D eigenvalue weighted by Crippen LogP contribution is 2.36. The van der Waals surface area contributed by atoms with Gasteiger partial charge in [-0.05, 0) is 61.9 Å². The molecule has 3 unspecified atom stereocenters. The first-order chi connectivity index (χ1) is 16.9. The van der Waals surface area contributed by atoms with Crippen LogP contribution in [0.5, 0.6) is 5.75 Å². The molecule has 184 valence electrons.